The molecule has 6 aromatic carbocycles. The van der Waals surface area contributed by atoms with Gasteiger partial charge < -0.3 is 4.57 Å². The van der Waals surface area contributed by atoms with E-state index in [0.29, 0.717) is 17.5 Å². The third kappa shape index (κ3) is 4.54. The van der Waals surface area contributed by atoms with Crippen LogP contribution >= 0.6 is 0 Å². The maximum Gasteiger partial charge on any atom is 0.163 e. The van der Waals surface area contributed by atoms with Crippen molar-refractivity contribution >= 4 is 32.6 Å². The van der Waals surface area contributed by atoms with Gasteiger partial charge in [0.1, 0.15) is 5.82 Å². The predicted octanol–water partition coefficient (Wildman–Crippen LogP) is 9.36. The van der Waals surface area contributed by atoms with Crippen molar-refractivity contribution in [3.63, 3.8) is 0 Å². The van der Waals surface area contributed by atoms with Crippen molar-refractivity contribution in [1.82, 2.24) is 19.5 Å². The summed E-state index contributed by atoms with van der Waals surface area (Å²) >= 11 is 0. The Kier molecular flexibility index (Phi) is 6.04. The van der Waals surface area contributed by atoms with E-state index in [1.807, 2.05) is 37.3 Å². The van der Waals surface area contributed by atoms with E-state index in [1.165, 1.54) is 43.7 Å². The zero-order valence-corrected chi connectivity index (χ0v) is 23.8. The van der Waals surface area contributed by atoms with E-state index in [9.17, 15) is 0 Å². The first-order chi connectivity index (χ1) is 21.2. The highest BCUT2D eigenvalue weighted by Gasteiger charge is 2.16. The molecule has 0 saturated heterocycles. The van der Waals surface area contributed by atoms with Gasteiger partial charge >= 0.3 is 0 Å². The highest BCUT2D eigenvalue weighted by atomic mass is 15.0. The first-order valence-electron chi connectivity index (χ1n) is 14.6. The molecule has 8 rings (SSSR count). The molecule has 2 aromatic heterocycles. The lowest BCUT2D eigenvalue weighted by molar-refractivity contribution is 0.991. The van der Waals surface area contributed by atoms with Gasteiger partial charge in [-0.15, -0.1) is 0 Å². The van der Waals surface area contributed by atoms with Gasteiger partial charge in [0, 0.05) is 27.6 Å². The second-order valence-electron chi connectivity index (χ2n) is 11.0. The van der Waals surface area contributed by atoms with Crippen molar-refractivity contribution in [2.75, 3.05) is 0 Å². The fourth-order valence-electron chi connectivity index (χ4n) is 6.20. The zero-order valence-electron chi connectivity index (χ0n) is 23.8. The Labute approximate surface area is 250 Å². The van der Waals surface area contributed by atoms with Crippen LogP contribution in [0.5, 0.6) is 0 Å². The van der Waals surface area contributed by atoms with Crippen molar-refractivity contribution in [2.24, 2.45) is 0 Å². The molecule has 2 heterocycles. The Morgan fingerprint density at radius 1 is 0.535 bits per heavy atom. The van der Waals surface area contributed by atoms with Crippen LogP contribution in [-0.4, -0.2) is 19.5 Å². The third-order valence-electron chi connectivity index (χ3n) is 8.13. The molecule has 0 aliphatic heterocycles. The first-order valence-corrected chi connectivity index (χ1v) is 14.6. The second-order valence-corrected chi connectivity index (χ2v) is 11.0. The lowest BCUT2D eigenvalue weighted by Gasteiger charge is -2.11. The van der Waals surface area contributed by atoms with Crippen molar-refractivity contribution in [3.05, 3.63) is 156 Å². The van der Waals surface area contributed by atoms with Gasteiger partial charge in [0.15, 0.2) is 11.6 Å². The van der Waals surface area contributed by atoms with Crippen LogP contribution in [0.3, 0.4) is 0 Å². The molecule has 0 saturated carbocycles. The van der Waals surface area contributed by atoms with Crippen molar-refractivity contribution < 1.29 is 0 Å². The summed E-state index contributed by atoms with van der Waals surface area (Å²) in [4.78, 5) is 14.2. The number of hydrogen-bond acceptors (Lipinski definition) is 3. The fourth-order valence-corrected chi connectivity index (χ4v) is 6.20. The van der Waals surface area contributed by atoms with Gasteiger partial charge in [-0.1, -0.05) is 115 Å². The monoisotopic (exact) mass is 552 g/mol. The molecule has 0 radical (unpaired) electrons. The zero-order chi connectivity index (χ0) is 28.8. The summed E-state index contributed by atoms with van der Waals surface area (Å²) in [7, 11) is 0. The van der Waals surface area contributed by atoms with E-state index in [0.717, 1.165) is 23.2 Å². The first kappa shape index (κ1) is 25.1. The molecule has 0 aliphatic rings. The van der Waals surface area contributed by atoms with Crippen LogP contribution in [0.2, 0.25) is 0 Å². The SMILES string of the molecule is Cc1nc(-c2ccccc2)nc(-c2cccc(-n3c4ccccc4c4c(Cc5ccc6ccccc6c5)cccc43)c2)n1. The molecule has 4 heteroatoms. The molecular weight excluding hydrogens is 524 g/mol. The molecule has 0 fully saturated rings. The molecule has 0 spiro atoms. The summed E-state index contributed by atoms with van der Waals surface area (Å²) < 4.78 is 2.37. The summed E-state index contributed by atoms with van der Waals surface area (Å²) in [5.74, 6) is 2.05. The number of nitrogens with zero attached hydrogens (tertiary/aromatic N) is 4. The van der Waals surface area contributed by atoms with E-state index in [2.05, 4.69) is 119 Å². The number of fused-ring (bicyclic) bond motifs is 4. The topological polar surface area (TPSA) is 43.6 Å². The van der Waals surface area contributed by atoms with E-state index in [1.54, 1.807) is 0 Å². The average molecular weight is 553 g/mol. The summed E-state index contributed by atoms with van der Waals surface area (Å²) in [5.41, 5.74) is 8.01. The van der Waals surface area contributed by atoms with Crippen LogP contribution in [0, 0.1) is 6.92 Å². The lowest BCUT2D eigenvalue weighted by atomic mass is 9.98. The van der Waals surface area contributed by atoms with Crippen molar-refractivity contribution in [3.8, 4) is 28.5 Å². The highest BCUT2D eigenvalue weighted by molar-refractivity contribution is 6.11. The lowest BCUT2D eigenvalue weighted by Crippen LogP contribution is -2.00. The largest absolute Gasteiger partial charge is 0.309 e. The standard InChI is InChI=1S/C39H28N4/c1-26-40-38(29-12-3-2-4-13-29)42-39(41-26)32-16-9-17-33(25-32)43-35-19-8-7-18-34(35)37-31(15-10-20-36(37)43)24-27-21-22-28-11-5-6-14-30(28)23-27/h2-23,25H,24H2,1H3. The van der Waals surface area contributed by atoms with Gasteiger partial charge in [0.05, 0.1) is 11.0 Å². The van der Waals surface area contributed by atoms with Gasteiger partial charge in [-0.3, -0.25) is 0 Å². The van der Waals surface area contributed by atoms with Gasteiger partial charge in [0.2, 0.25) is 0 Å². The summed E-state index contributed by atoms with van der Waals surface area (Å²) in [6.07, 6.45) is 0.864. The molecule has 4 nitrogen and oxygen atoms in total. The number of benzene rings is 6. The van der Waals surface area contributed by atoms with Gasteiger partial charge in [-0.05, 0) is 59.5 Å². The molecule has 0 unspecified atom stereocenters. The summed E-state index contributed by atoms with van der Waals surface area (Å²) in [6.45, 7) is 1.92. The minimum absolute atomic E-state index is 0.672. The quantitative estimate of drug-likeness (QED) is 0.214. The highest BCUT2D eigenvalue weighted by Crippen LogP contribution is 2.36. The van der Waals surface area contributed by atoms with E-state index in [-0.39, 0.29) is 0 Å². The molecule has 0 amide bonds. The Balaban J connectivity index is 1.27. The molecule has 0 aliphatic carbocycles. The second kappa shape index (κ2) is 10.3. The Hall–Kier alpha value is -5.61. The minimum Gasteiger partial charge on any atom is -0.309 e. The fraction of sp³-hybridized carbons (Fsp3) is 0.0513. The molecule has 43 heavy (non-hydrogen) atoms. The van der Waals surface area contributed by atoms with Crippen molar-refractivity contribution in [1.29, 1.82) is 0 Å². The number of hydrogen-bond donors (Lipinski definition) is 0. The van der Waals surface area contributed by atoms with Gasteiger partial charge in [-0.25, -0.2) is 15.0 Å². The Morgan fingerprint density at radius 3 is 2.12 bits per heavy atom. The maximum absolute atomic E-state index is 4.87. The van der Waals surface area contributed by atoms with Crippen molar-refractivity contribution in [2.45, 2.75) is 13.3 Å². The maximum atomic E-state index is 4.87. The van der Waals surface area contributed by atoms with Crippen LogP contribution < -0.4 is 0 Å². The minimum atomic E-state index is 0.672. The molecule has 8 aromatic rings. The van der Waals surface area contributed by atoms with E-state index in [4.69, 9.17) is 9.97 Å². The number of para-hydroxylation sites is 1. The Morgan fingerprint density at radius 2 is 1.23 bits per heavy atom. The van der Waals surface area contributed by atoms with Crippen LogP contribution in [0.4, 0.5) is 0 Å². The molecule has 0 N–H and O–H groups in total. The number of rotatable bonds is 5. The Bertz CT molecular complexity index is 2280. The molecular formula is C39H28N4. The smallest absolute Gasteiger partial charge is 0.163 e. The average Bonchev–Trinajstić information content (AvgIpc) is 3.40. The van der Waals surface area contributed by atoms with Crippen LogP contribution in [0.15, 0.2) is 140 Å². The van der Waals surface area contributed by atoms with E-state index >= 15 is 0 Å². The van der Waals surface area contributed by atoms with Gasteiger partial charge in [0.25, 0.3) is 0 Å². The molecule has 204 valence electrons. The van der Waals surface area contributed by atoms with Gasteiger partial charge in [-0.2, -0.15) is 0 Å². The molecule has 0 atom stereocenters. The van der Waals surface area contributed by atoms with Crippen LogP contribution in [0.1, 0.15) is 17.0 Å². The third-order valence-corrected chi connectivity index (χ3v) is 8.13. The predicted molar refractivity (Wildman–Crippen MR) is 177 cm³/mol. The van der Waals surface area contributed by atoms with Crippen LogP contribution in [-0.2, 0) is 6.42 Å². The van der Waals surface area contributed by atoms with Crippen LogP contribution in [0.25, 0.3) is 61.0 Å². The molecule has 0 bridgehead atoms. The van der Waals surface area contributed by atoms with E-state index < -0.39 is 0 Å². The number of aromatic nitrogens is 4. The normalized spacial score (nSPS) is 11.5. The number of aryl methyl sites for hydroxylation is 1. The summed E-state index contributed by atoms with van der Waals surface area (Å²) in [5, 5.41) is 5.08. The summed E-state index contributed by atoms with van der Waals surface area (Å²) in [6, 6.07) is 49.3.